The number of rotatable bonds is 14. The fraction of sp³-hybridized carbons (Fsp3) is 0.548. The number of hydrogen-bond acceptors (Lipinski definition) is 6. The van der Waals surface area contributed by atoms with Gasteiger partial charge in [-0.2, -0.15) is 57.1 Å². The van der Waals surface area contributed by atoms with Crippen LogP contribution in [0.2, 0.25) is 0 Å². The molecular weight excluding hydrogens is 912 g/mol. The largest absolute Gasteiger partial charge is 0.745 e. The van der Waals surface area contributed by atoms with Gasteiger partial charge in [0.25, 0.3) is 0 Å². The average molecular weight is 960 g/mol. The van der Waals surface area contributed by atoms with E-state index in [-0.39, 0.29) is 0 Å². The maximum absolute atomic E-state index is 13.7. The lowest BCUT2D eigenvalue weighted by molar-refractivity contribution is -0.493. The van der Waals surface area contributed by atoms with Crippen LogP contribution in [0.5, 0.6) is 0 Å². The molecule has 0 N–H and O–H groups in total. The minimum absolute atomic E-state index is 1.02. The minimum Gasteiger partial charge on any atom is -0.745 e. The van der Waals surface area contributed by atoms with Crippen LogP contribution in [0.4, 0.5) is 82.9 Å². The van der Waals surface area contributed by atoms with E-state index in [4.69, 9.17) is 0 Å². The lowest BCUT2D eigenvalue weighted by atomic mass is 9.69. The number of anilines is 3. The van der Waals surface area contributed by atoms with Crippen molar-refractivity contribution in [2.75, 3.05) is 54.0 Å². The summed E-state index contributed by atoms with van der Waals surface area (Å²) >= 11 is 0. The van der Waals surface area contributed by atoms with Gasteiger partial charge in [-0.1, -0.05) is 0 Å². The van der Waals surface area contributed by atoms with E-state index in [9.17, 15) is 78.8 Å². The van der Waals surface area contributed by atoms with Crippen LogP contribution in [0.25, 0.3) is 0 Å². The average Bonchev–Trinajstić information content (AvgIpc) is 3.19. The summed E-state index contributed by atoms with van der Waals surface area (Å²) in [5, 5.41) is -8.02. The molecule has 0 spiro atoms. The monoisotopic (exact) mass is 959 g/mol. The van der Waals surface area contributed by atoms with Gasteiger partial charge in [-0.3, -0.25) is 0 Å². The van der Waals surface area contributed by atoms with Crippen molar-refractivity contribution in [2.24, 2.45) is 0 Å². The molecule has 0 unspecified atom stereocenters. The Morgan fingerprint density at radius 1 is 0.500 bits per heavy atom. The summed E-state index contributed by atoms with van der Waals surface area (Å²) in [6.45, 7) is 26.3. The third-order valence-corrected chi connectivity index (χ3v) is 12.6. The third-order valence-electron chi connectivity index (χ3n) is 11.4. The Balaban J connectivity index is 0.000000359. The van der Waals surface area contributed by atoms with Gasteiger partial charge in [0.15, 0.2) is 0 Å². The lowest BCUT2D eigenvalue weighted by Gasteiger charge is -2.56. The third kappa shape index (κ3) is 8.09. The normalized spacial score (nSPS) is 21.4. The second kappa shape index (κ2) is 18.2. The topological polar surface area (TPSA) is 66.9 Å². The van der Waals surface area contributed by atoms with Crippen LogP contribution < -0.4 is 14.7 Å². The van der Waals surface area contributed by atoms with E-state index >= 15 is 0 Å². The van der Waals surface area contributed by atoms with Gasteiger partial charge >= 0.3 is 46.5 Å². The second-order valence-corrected chi connectivity index (χ2v) is 16.4. The molecule has 3 aromatic rings. The molecule has 0 bridgehead atoms. The van der Waals surface area contributed by atoms with Crippen LogP contribution >= 0.6 is 0 Å². The van der Waals surface area contributed by atoms with Gasteiger partial charge in [-0.15, -0.1) is 0 Å². The van der Waals surface area contributed by atoms with Crippen molar-refractivity contribution < 1.29 is 78.8 Å². The van der Waals surface area contributed by atoms with Crippen LogP contribution in [0.15, 0.2) is 54.6 Å². The number of nitrogens with zero attached hydrogens (tertiary/aromatic N) is 3. The number of hydrogen-bond donors (Lipinski definition) is 0. The second-order valence-electron chi connectivity index (χ2n) is 15.0. The van der Waals surface area contributed by atoms with Crippen LogP contribution in [0.1, 0.15) is 74.9 Å². The van der Waals surface area contributed by atoms with Gasteiger partial charge in [-0.05, 0) is 117 Å². The first kappa shape index (κ1) is 54.1. The van der Waals surface area contributed by atoms with Gasteiger partial charge in [0.2, 0.25) is 0 Å². The van der Waals surface area contributed by atoms with Crippen LogP contribution in [-0.2, 0) is 10.1 Å². The molecule has 64 heavy (non-hydrogen) atoms. The molecule has 0 heterocycles. The summed E-state index contributed by atoms with van der Waals surface area (Å²) in [5.41, 5.74) is 3.17. The zero-order chi connectivity index (χ0) is 49.6. The molecule has 22 heteroatoms. The standard InChI is InChI=1S/C34H48N3.C8HF15O3S/c1-10-35(11-2)28-16-19-31(25(7)22-28)34(32-20-17-29(23-26(32)8)36(12-3)13-4)33-21-18-30(24-27(33)9)37(14-5)15-6;9-1(4(14,15)8(21,22)23)2(10,11)5(16,17)7(20,27(24,25)26)6(18,19)3(1,12)13/h16-24H,10-15H2,1-9H3;(H,24,25,26)/q+1;/p-1. The van der Waals surface area contributed by atoms with Crippen molar-refractivity contribution in [3.8, 4) is 0 Å². The summed E-state index contributed by atoms with van der Waals surface area (Å²) in [6.07, 6.45) is -7.96. The highest BCUT2D eigenvalue weighted by molar-refractivity contribution is 7.87. The molecule has 0 amide bonds. The molecule has 0 aromatic heterocycles. The molecule has 1 fully saturated rings. The van der Waals surface area contributed by atoms with Gasteiger partial charge in [-0.25, -0.2) is 17.2 Å². The summed E-state index contributed by atoms with van der Waals surface area (Å²) in [4.78, 5) is 7.26. The fourth-order valence-electron chi connectivity index (χ4n) is 7.71. The highest BCUT2D eigenvalue weighted by Crippen LogP contribution is 2.74. The molecule has 1 aliphatic rings. The van der Waals surface area contributed by atoms with E-state index in [0.717, 1.165) is 39.3 Å². The summed E-state index contributed by atoms with van der Waals surface area (Å²) in [7, 11) is -8.38. The molecule has 0 aliphatic heterocycles. The number of alkyl halides is 15. The van der Waals surface area contributed by atoms with E-state index in [1.807, 2.05) is 0 Å². The molecule has 0 radical (unpaired) electrons. The van der Waals surface area contributed by atoms with Crippen LogP contribution in [0.3, 0.4) is 0 Å². The minimum atomic E-state index is -8.63. The maximum atomic E-state index is 13.7. The van der Waals surface area contributed by atoms with Crippen molar-refractivity contribution >= 4 is 27.2 Å². The summed E-state index contributed by atoms with van der Waals surface area (Å²) < 4.78 is 227. The molecule has 0 saturated heterocycles. The van der Waals surface area contributed by atoms with Crippen molar-refractivity contribution in [3.63, 3.8) is 0 Å². The molecular formula is C42H48F15N3O3S. The first-order valence-corrected chi connectivity index (χ1v) is 21.2. The molecule has 3 aromatic carbocycles. The number of benzene rings is 3. The first-order chi connectivity index (χ1) is 29.1. The van der Waals surface area contributed by atoms with Gasteiger partial charge < -0.3 is 19.3 Å². The summed E-state index contributed by atoms with van der Waals surface area (Å²) in [6, 6.07) is 21.0. The number of aryl methyl sites for hydroxylation is 3. The maximum Gasteiger partial charge on any atom is 0.457 e. The van der Waals surface area contributed by atoms with Gasteiger partial charge in [0.05, 0.1) is 22.6 Å². The SMILES string of the molecule is CCN(CC)c1ccc([C+](c2ccc(N(CC)CC)cc2C)c2ccc(N(CC)CC)cc2C)c(C)c1.O=S(=O)([O-])C1(F)C(F)(F)C(F)(F)C(F)(C(F)(F)C(F)(F)F)C(F)(F)C1(F)F. The molecule has 1 aliphatic carbocycles. The van der Waals surface area contributed by atoms with Crippen LogP contribution in [-0.4, -0.2) is 98.7 Å². The Morgan fingerprint density at radius 3 is 0.938 bits per heavy atom. The smallest absolute Gasteiger partial charge is 0.457 e. The van der Waals surface area contributed by atoms with E-state index in [0.29, 0.717) is 0 Å². The lowest BCUT2D eigenvalue weighted by Crippen LogP contribution is -2.90. The zero-order valence-electron chi connectivity index (χ0n) is 36.1. The van der Waals surface area contributed by atoms with Gasteiger partial charge in [0, 0.05) is 73.0 Å². The van der Waals surface area contributed by atoms with E-state index < -0.39 is 56.6 Å². The van der Waals surface area contributed by atoms with Gasteiger partial charge in [0.1, 0.15) is 10.1 Å². The quantitative estimate of drug-likeness (QED) is 0.0694. The van der Waals surface area contributed by atoms with E-state index in [1.54, 1.807) is 0 Å². The van der Waals surface area contributed by atoms with Crippen molar-refractivity contribution in [1.82, 2.24) is 0 Å². The Labute approximate surface area is 362 Å². The molecule has 0 atom stereocenters. The predicted molar refractivity (Wildman–Crippen MR) is 213 cm³/mol. The first-order valence-electron chi connectivity index (χ1n) is 19.8. The summed E-state index contributed by atoms with van der Waals surface area (Å²) in [5.74, 6) is -40.7. The van der Waals surface area contributed by atoms with Crippen LogP contribution in [0, 0.1) is 26.7 Å². The molecule has 360 valence electrons. The molecule has 1 saturated carbocycles. The highest BCUT2D eigenvalue weighted by Gasteiger charge is 3.07. The van der Waals surface area contributed by atoms with Crippen molar-refractivity contribution in [1.29, 1.82) is 0 Å². The Hall–Kier alpha value is -4.21. The predicted octanol–water partition coefficient (Wildman–Crippen LogP) is 11.8. The van der Waals surface area contributed by atoms with E-state index in [1.165, 1.54) is 56.4 Å². The highest BCUT2D eigenvalue weighted by atomic mass is 32.2. The Bertz CT molecular complexity index is 2050. The Kier molecular flexibility index (Phi) is 15.4. The fourth-order valence-corrected chi connectivity index (χ4v) is 8.60. The molecule has 4 rings (SSSR count). The van der Waals surface area contributed by atoms with Crippen molar-refractivity contribution in [3.05, 3.63) is 93.9 Å². The van der Waals surface area contributed by atoms with Crippen molar-refractivity contribution in [2.45, 2.75) is 109 Å². The van der Waals surface area contributed by atoms with E-state index in [2.05, 4.69) is 132 Å². The zero-order valence-corrected chi connectivity index (χ0v) is 36.9. The number of halogens is 15. The molecule has 6 nitrogen and oxygen atoms in total. The Morgan fingerprint density at radius 2 is 0.750 bits per heavy atom.